The maximum Gasteiger partial charge on any atom is 0.416 e. The van der Waals surface area contributed by atoms with Crippen molar-refractivity contribution < 1.29 is 19.0 Å². The topological polar surface area (TPSA) is 91.1 Å². The van der Waals surface area contributed by atoms with E-state index < -0.39 is 11.7 Å². The van der Waals surface area contributed by atoms with Gasteiger partial charge in [0, 0.05) is 37.6 Å². The van der Waals surface area contributed by atoms with Crippen molar-refractivity contribution >= 4 is 17.6 Å². The number of amides is 1. The summed E-state index contributed by atoms with van der Waals surface area (Å²) in [5, 5.41) is 4.48. The Morgan fingerprint density at radius 2 is 2.06 bits per heavy atom. The molecule has 33 heavy (non-hydrogen) atoms. The van der Waals surface area contributed by atoms with Gasteiger partial charge in [-0.2, -0.15) is 14.6 Å². The van der Waals surface area contributed by atoms with E-state index in [-0.39, 0.29) is 0 Å². The third-order valence-corrected chi connectivity index (χ3v) is 5.45. The van der Waals surface area contributed by atoms with E-state index in [1.54, 1.807) is 46.2 Å². The molecule has 1 fully saturated rings. The summed E-state index contributed by atoms with van der Waals surface area (Å²) < 4.78 is 18.9. The molecule has 1 saturated heterocycles. The first-order valence-electron chi connectivity index (χ1n) is 11.3. The number of anilines is 1. The SMILES string of the molecule is Cc1cnn2c(N(CCC3CCOCC3)C(=O)OC(C)(C)C)cc(Oc3cccnc3)nc12. The van der Waals surface area contributed by atoms with Gasteiger partial charge in [-0.25, -0.2) is 4.79 Å². The van der Waals surface area contributed by atoms with Crippen LogP contribution in [0.5, 0.6) is 11.6 Å². The van der Waals surface area contributed by atoms with Crippen molar-refractivity contribution in [2.75, 3.05) is 24.7 Å². The fourth-order valence-electron chi connectivity index (χ4n) is 3.77. The molecule has 0 radical (unpaired) electrons. The molecular weight excluding hydrogens is 422 g/mol. The molecule has 176 valence electrons. The molecule has 0 aliphatic carbocycles. The Balaban J connectivity index is 1.70. The van der Waals surface area contributed by atoms with Gasteiger partial charge in [0.2, 0.25) is 5.88 Å². The summed E-state index contributed by atoms with van der Waals surface area (Å²) >= 11 is 0. The summed E-state index contributed by atoms with van der Waals surface area (Å²) in [6, 6.07) is 5.32. The second kappa shape index (κ2) is 9.74. The van der Waals surface area contributed by atoms with Crippen LogP contribution in [0.3, 0.4) is 0 Å². The number of carbonyl (C=O) groups is 1. The van der Waals surface area contributed by atoms with Crippen molar-refractivity contribution in [3.8, 4) is 11.6 Å². The zero-order valence-electron chi connectivity index (χ0n) is 19.7. The van der Waals surface area contributed by atoms with Crippen LogP contribution >= 0.6 is 0 Å². The van der Waals surface area contributed by atoms with Crippen molar-refractivity contribution in [1.82, 2.24) is 19.6 Å². The molecule has 1 aliphatic rings. The van der Waals surface area contributed by atoms with Gasteiger partial charge in [-0.1, -0.05) is 0 Å². The second-order valence-corrected chi connectivity index (χ2v) is 9.28. The van der Waals surface area contributed by atoms with Gasteiger partial charge in [-0.15, -0.1) is 0 Å². The molecule has 0 atom stereocenters. The molecule has 9 heteroatoms. The van der Waals surface area contributed by atoms with Gasteiger partial charge in [-0.05, 0) is 65.0 Å². The zero-order chi connectivity index (χ0) is 23.4. The van der Waals surface area contributed by atoms with Gasteiger partial charge in [0.15, 0.2) is 5.65 Å². The number of aromatic nitrogens is 4. The molecule has 3 aromatic heterocycles. The quantitative estimate of drug-likeness (QED) is 0.530. The van der Waals surface area contributed by atoms with E-state index in [0.717, 1.165) is 38.0 Å². The predicted octanol–water partition coefficient (Wildman–Crippen LogP) is 4.78. The molecule has 0 bridgehead atoms. The van der Waals surface area contributed by atoms with Gasteiger partial charge in [-0.3, -0.25) is 9.88 Å². The van der Waals surface area contributed by atoms with Crippen LogP contribution in [0.2, 0.25) is 0 Å². The number of carbonyl (C=O) groups excluding carboxylic acids is 1. The van der Waals surface area contributed by atoms with Crippen molar-refractivity contribution in [3.05, 3.63) is 42.4 Å². The van der Waals surface area contributed by atoms with Crippen LogP contribution < -0.4 is 9.64 Å². The van der Waals surface area contributed by atoms with Gasteiger partial charge >= 0.3 is 6.09 Å². The molecule has 3 aromatic rings. The van der Waals surface area contributed by atoms with Gasteiger partial charge in [0.1, 0.15) is 17.2 Å². The summed E-state index contributed by atoms with van der Waals surface area (Å²) in [4.78, 5) is 23.7. The minimum absolute atomic E-state index is 0.355. The largest absolute Gasteiger partial charge is 0.443 e. The van der Waals surface area contributed by atoms with E-state index in [0.29, 0.717) is 35.6 Å². The highest BCUT2D eigenvalue weighted by molar-refractivity contribution is 5.87. The normalized spacial score (nSPS) is 14.9. The second-order valence-electron chi connectivity index (χ2n) is 9.28. The van der Waals surface area contributed by atoms with Gasteiger partial charge < -0.3 is 14.2 Å². The fourth-order valence-corrected chi connectivity index (χ4v) is 3.77. The van der Waals surface area contributed by atoms with Crippen LogP contribution in [0.15, 0.2) is 36.8 Å². The molecule has 1 amide bonds. The van der Waals surface area contributed by atoms with Gasteiger partial charge in [0.05, 0.1) is 12.4 Å². The third kappa shape index (κ3) is 5.78. The van der Waals surface area contributed by atoms with E-state index in [1.807, 2.05) is 27.7 Å². The van der Waals surface area contributed by atoms with Crippen molar-refractivity contribution in [1.29, 1.82) is 0 Å². The molecule has 0 unspecified atom stereocenters. The highest BCUT2D eigenvalue weighted by Crippen LogP contribution is 2.29. The molecule has 4 rings (SSSR count). The van der Waals surface area contributed by atoms with Crippen LogP contribution in [0, 0.1) is 12.8 Å². The Morgan fingerprint density at radius 3 is 2.76 bits per heavy atom. The molecular formula is C24H31N5O4. The Hall–Kier alpha value is -3.20. The molecule has 9 nitrogen and oxygen atoms in total. The molecule has 0 N–H and O–H groups in total. The third-order valence-electron chi connectivity index (χ3n) is 5.45. The summed E-state index contributed by atoms with van der Waals surface area (Å²) in [6.07, 6.45) is 7.41. The minimum Gasteiger partial charge on any atom is -0.443 e. The lowest BCUT2D eigenvalue weighted by atomic mass is 9.96. The molecule has 0 spiro atoms. The highest BCUT2D eigenvalue weighted by atomic mass is 16.6. The van der Waals surface area contributed by atoms with E-state index in [9.17, 15) is 4.79 Å². The summed E-state index contributed by atoms with van der Waals surface area (Å²) in [5.41, 5.74) is 0.863. The number of rotatable bonds is 6. The highest BCUT2D eigenvalue weighted by Gasteiger charge is 2.28. The summed E-state index contributed by atoms with van der Waals surface area (Å²) in [7, 11) is 0. The monoisotopic (exact) mass is 453 g/mol. The summed E-state index contributed by atoms with van der Waals surface area (Å²) in [5.74, 6) is 1.96. The lowest BCUT2D eigenvalue weighted by Gasteiger charge is -2.29. The van der Waals surface area contributed by atoms with E-state index in [4.69, 9.17) is 14.2 Å². The van der Waals surface area contributed by atoms with Crippen molar-refractivity contribution in [2.24, 2.45) is 5.92 Å². The number of fused-ring (bicyclic) bond motifs is 1. The van der Waals surface area contributed by atoms with Gasteiger partial charge in [0.25, 0.3) is 0 Å². The Bertz CT molecular complexity index is 1090. The lowest BCUT2D eigenvalue weighted by molar-refractivity contribution is 0.0551. The van der Waals surface area contributed by atoms with E-state index >= 15 is 0 Å². The number of hydrogen-bond donors (Lipinski definition) is 0. The first-order chi connectivity index (χ1) is 15.8. The maximum absolute atomic E-state index is 13.3. The minimum atomic E-state index is -0.630. The number of hydrogen-bond acceptors (Lipinski definition) is 7. The molecule has 0 aromatic carbocycles. The van der Waals surface area contributed by atoms with Crippen LogP contribution in [0.4, 0.5) is 10.6 Å². The fraction of sp³-hybridized carbons (Fsp3) is 0.500. The average Bonchev–Trinajstić information content (AvgIpc) is 3.15. The Labute approximate surface area is 193 Å². The zero-order valence-corrected chi connectivity index (χ0v) is 19.7. The van der Waals surface area contributed by atoms with Crippen LogP contribution in [-0.4, -0.2) is 51.0 Å². The van der Waals surface area contributed by atoms with Crippen LogP contribution in [0.1, 0.15) is 45.6 Å². The Kier molecular flexibility index (Phi) is 6.78. The Morgan fingerprint density at radius 1 is 1.27 bits per heavy atom. The van der Waals surface area contributed by atoms with Crippen LogP contribution in [0.25, 0.3) is 5.65 Å². The molecule has 1 aliphatic heterocycles. The maximum atomic E-state index is 13.3. The standard InChI is InChI=1S/C24H31N5O4/c1-17-15-26-29-21(14-20(27-22(17)29)32-19-6-5-10-25-16-19)28(23(30)33-24(2,3)4)11-7-18-8-12-31-13-9-18/h5-6,10,14-16,18H,7-9,11-13H2,1-4H3. The number of aryl methyl sites for hydroxylation is 1. The first-order valence-corrected chi connectivity index (χ1v) is 11.3. The lowest BCUT2D eigenvalue weighted by Crippen LogP contribution is -2.39. The van der Waals surface area contributed by atoms with Crippen molar-refractivity contribution in [2.45, 2.75) is 52.6 Å². The number of ether oxygens (including phenoxy) is 3. The predicted molar refractivity (Wildman–Crippen MR) is 124 cm³/mol. The van der Waals surface area contributed by atoms with E-state index in [2.05, 4.69) is 15.1 Å². The number of pyridine rings is 1. The number of nitrogens with zero attached hydrogens (tertiary/aromatic N) is 5. The molecule has 4 heterocycles. The van der Waals surface area contributed by atoms with Crippen molar-refractivity contribution in [3.63, 3.8) is 0 Å². The molecule has 0 saturated carbocycles. The smallest absolute Gasteiger partial charge is 0.416 e. The summed E-state index contributed by atoms with van der Waals surface area (Å²) in [6.45, 7) is 9.52. The first kappa shape index (κ1) is 23.0. The van der Waals surface area contributed by atoms with E-state index in [1.165, 1.54) is 0 Å². The average molecular weight is 454 g/mol. The van der Waals surface area contributed by atoms with Crippen LogP contribution in [-0.2, 0) is 9.47 Å².